The normalized spacial score (nSPS) is 20.1. The van der Waals surface area contributed by atoms with Crippen LogP contribution in [-0.2, 0) is 9.53 Å². The number of amides is 1. The maximum Gasteiger partial charge on any atom is 0.250 e. The Balaban J connectivity index is 0.00000176. The summed E-state index contributed by atoms with van der Waals surface area (Å²) in [6, 6.07) is 0.250. The van der Waals surface area contributed by atoms with Gasteiger partial charge in [0.2, 0.25) is 5.91 Å². The topological polar surface area (TPSA) is 44.8 Å². The number of nitrogens with one attached hydrogen (secondary N) is 1. The minimum absolute atomic E-state index is 0.0796. The summed E-state index contributed by atoms with van der Waals surface area (Å²) < 4.78 is 18.3. The number of halogens is 1. The minimum atomic E-state index is -0.486. The van der Waals surface area contributed by atoms with Crippen LogP contribution >= 0.6 is 0 Å². The molecule has 0 saturated carbocycles. The Kier molecular flexibility index (Phi) is 10.7. The van der Waals surface area contributed by atoms with Crippen molar-refractivity contribution in [2.45, 2.75) is 58.4 Å². The Morgan fingerprint density at radius 1 is 1.28 bits per heavy atom. The molecule has 2 aliphatic heterocycles. The monoisotopic (exact) mass is 445 g/mol. The number of likely N-dealkylation sites (N-methyl/N-ethyl adjacent to an activating group) is 1. The SMILES string of the molecule is C=C(CC/C=C(/CF)NC)C1=CCCC=C1C1=CC(=O)N(C2CCOCC2)CN1C.CC. The second-order valence-electron chi connectivity index (χ2n) is 8.09. The molecule has 5 nitrogen and oxygen atoms in total. The van der Waals surface area contributed by atoms with Gasteiger partial charge in [0, 0.05) is 50.7 Å². The third-order valence-corrected chi connectivity index (χ3v) is 6.06. The van der Waals surface area contributed by atoms with Crippen molar-refractivity contribution < 1.29 is 13.9 Å². The maximum atomic E-state index is 12.9. The number of allylic oxidation sites excluding steroid dienone is 6. The predicted molar refractivity (Wildman–Crippen MR) is 130 cm³/mol. The largest absolute Gasteiger partial charge is 0.390 e. The Morgan fingerprint density at radius 2 is 1.97 bits per heavy atom. The predicted octanol–water partition coefficient (Wildman–Crippen LogP) is 4.86. The van der Waals surface area contributed by atoms with Crippen LogP contribution in [0.4, 0.5) is 4.39 Å². The first-order valence-electron chi connectivity index (χ1n) is 11.9. The van der Waals surface area contributed by atoms with E-state index in [1.807, 2.05) is 31.9 Å². The molecule has 0 atom stereocenters. The van der Waals surface area contributed by atoms with Gasteiger partial charge in [-0.25, -0.2) is 4.39 Å². The number of hydrogen-bond donors (Lipinski definition) is 1. The fraction of sp³-hybridized carbons (Fsp3) is 0.577. The first kappa shape index (κ1) is 25.9. The molecule has 0 radical (unpaired) electrons. The zero-order chi connectivity index (χ0) is 23.5. The van der Waals surface area contributed by atoms with E-state index < -0.39 is 6.67 Å². The van der Waals surface area contributed by atoms with Crippen molar-refractivity contribution in [2.75, 3.05) is 40.7 Å². The van der Waals surface area contributed by atoms with Crippen molar-refractivity contribution in [3.63, 3.8) is 0 Å². The van der Waals surface area contributed by atoms with E-state index in [1.54, 1.807) is 13.1 Å². The molecule has 2 heterocycles. The molecule has 0 bridgehead atoms. The van der Waals surface area contributed by atoms with Gasteiger partial charge < -0.3 is 19.9 Å². The fourth-order valence-corrected chi connectivity index (χ4v) is 4.29. The molecule has 1 N–H and O–H groups in total. The molecule has 0 spiro atoms. The van der Waals surface area contributed by atoms with Gasteiger partial charge in [-0.15, -0.1) is 0 Å². The summed E-state index contributed by atoms with van der Waals surface area (Å²) in [5.41, 5.74) is 4.80. The number of nitrogens with zero attached hydrogens (tertiary/aromatic N) is 2. The van der Waals surface area contributed by atoms with Crippen LogP contribution in [0.3, 0.4) is 0 Å². The molecule has 1 amide bonds. The van der Waals surface area contributed by atoms with Crippen molar-refractivity contribution in [1.82, 2.24) is 15.1 Å². The number of carbonyl (C=O) groups excluding carboxylic acids is 1. The molecule has 3 aliphatic rings. The van der Waals surface area contributed by atoms with Crippen molar-refractivity contribution in [3.05, 3.63) is 59.0 Å². The zero-order valence-electron chi connectivity index (χ0n) is 20.3. The summed E-state index contributed by atoms with van der Waals surface area (Å²) in [4.78, 5) is 17.1. The minimum Gasteiger partial charge on any atom is -0.390 e. The number of carbonyl (C=O) groups is 1. The van der Waals surface area contributed by atoms with E-state index in [0.29, 0.717) is 12.4 Å². The van der Waals surface area contributed by atoms with Gasteiger partial charge in [0.15, 0.2) is 0 Å². The third-order valence-electron chi connectivity index (χ3n) is 6.06. The molecule has 0 aromatic heterocycles. The lowest BCUT2D eigenvalue weighted by atomic mass is 9.87. The van der Waals surface area contributed by atoms with Crippen LogP contribution < -0.4 is 5.32 Å². The zero-order valence-corrected chi connectivity index (χ0v) is 20.3. The van der Waals surface area contributed by atoms with Crippen LogP contribution in [0.2, 0.25) is 0 Å². The fourth-order valence-electron chi connectivity index (χ4n) is 4.29. The summed E-state index contributed by atoms with van der Waals surface area (Å²) in [6.45, 7) is 9.85. The summed E-state index contributed by atoms with van der Waals surface area (Å²) in [7, 11) is 3.78. The van der Waals surface area contributed by atoms with Gasteiger partial charge in [-0.3, -0.25) is 4.79 Å². The van der Waals surface area contributed by atoms with Gasteiger partial charge in [-0.1, -0.05) is 38.7 Å². The van der Waals surface area contributed by atoms with E-state index in [-0.39, 0.29) is 11.9 Å². The lowest BCUT2D eigenvalue weighted by Gasteiger charge is -2.41. The molecular formula is C26H40FN3O2. The summed E-state index contributed by atoms with van der Waals surface area (Å²) in [5, 5.41) is 2.87. The Hall–Kier alpha value is -2.34. The average Bonchev–Trinajstić information content (AvgIpc) is 2.84. The van der Waals surface area contributed by atoms with E-state index in [4.69, 9.17) is 4.74 Å². The first-order chi connectivity index (χ1) is 15.5. The molecule has 0 unspecified atom stereocenters. The highest BCUT2D eigenvalue weighted by atomic mass is 19.1. The number of rotatable bonds is 8. The second kappa shape index (κ2) is 13.3. The molecule has 1 aliphatic carbocycles. The van der Waals surface area contributed by atoms with Crippen LogP contribution in [0.1, 0.15) is 52.4 Å². The molecule has 3 rings (SSSR count). The highest BCUT2D eigenvalue weighted by molar-refractivity contribution is 5.90. The molecule has 1 saturated heterocycles. The van der Waals surface area contributed by atoms with Gasteiger partial charge in [-0.05, 0) is 49.7 Å². The smallest absolute Gasteiger partial charge is 0.250 e. The van der Waals surface area contributed by atoms with Crippen LogP contribution in [-0.4, -0.2) is 62.4 Å². The molecule has 0 aromatic carbocycles. The molecule has 6 heteroatoms. The molecule has 0 aromatic rings. The van der Waals surface area contributed by atoms with Crippen molar-refractivity contribution >= 4 is 5.91 Å². The number of ether oxygens (including phenoxy) is 1. The second-order valence-corrected chi connectivity index (χ2v) is 8.09. The van der Waals surface area contributed by atoms with Crippen molar-refractivity contribution in [3.8, 4) is 0 Å². The van der Waals surface area contributed by atoms with Crippen molar-refractivity contribution in [1.29, 1.82) is 0 Å². The van der Waals surface area contributed by atoms with E-state index in [0.717, 1.165) is 74.2 Å². The molecular weight excluding hydrogens is 405 g/mol. The highest BCUT2D eigenvalue weighted by Crippen LogP contribution is 2.35. The standard InChI is InChI=1S/C24H34FN3O2.C2H6/c1-18(7-6-8-19(16-25)26-2)21-9-4-5-10-22(21)23-15-24(29)28(17-27(23)3)20-11-13-30-14-12-20;1-2/h8-10,15,20,26H,1,4-7,11-14,16-17H2,2-3H3;1-2H3/b19-8-;. The molecule has 1 fully saturated rings. The average molecular weight is 446 g/mol. The summed E-state index contributed by atoms with van der Waals surface area (Å²) in [5.74, 6) is 0.0796. The highest BCUT2D eigenvalue weighted by Gasteiger charge is 2.31. The van der Waals surface area contributed by atoms with Crippen LogP contribution in [0.5, 0.6) is 0 Å². The van der Waals surface area contributed by atoms with Gasteiger partial charge in [0.25, 0.3) is 0 Å². The third kappa shape index (κ3) is 6.58. The Morgan fingerprint density at radius 3 is 2.62 bits per heavy atom. The lowest BCUT2D eigenvalue weighted by Crippen LogP contribution is -2.50. The van der Waals surface area contributed by atoms with Gasteiger partial charge in [0.05, 0.1) is 12.4 Å². The first-order valence-corrected chi connectivity index (χ1v) is 11.9. The summed E-state index contributed by atoms with van der Waals surface area (Å²) in [6.07, 6.45) is 13.3. The van der Waals surface area contributed by atoms with Gasteiger partial charge in [0.1, 0.15) is 6.67 Å². The number of hydrogen-bond acceptors (Lipinski definition) is 4. The van der Waals surface area contributed by atoms with E-state index in [1.165, 1.54) is 0 Å². The molecule has 32 heavy (non-hydrogen) atoms. The quantitative estimate of drug-likeness (QED) is 0.579. The molecule has 178 valence electrons. The van der Waals surface area contributed by atoms with Gasteiger partial charge in [-0.2, -0.15) is 0 Å². The van der Waals surface area contributed by atoms with E-state index in [2.05, 4.69) is 28.9 Å². The number of alkyl halides is 1. The Labute approximate surface area is 193 Å². The van der Waals surface area contributed by atoms with E-state index in [9.17, 15) is 9.18 Å². The van der Waals surface area contributed by atoms with Gasteiger partial charge >= 0.3 is 0 Å². The van der Waals surface area contributed by atoms with Crippen LogP contribution in [0.15, 0.2) is 59.0 Å². The van der Waals surface area contributed by atoms with Crippen molar-refractivity contribution in [2.24, 2.45) is 0 Å². The lowest BCUT2D eigenvalue weighted by molar-refractivity contribution is -0.133. The van der Waals surface area contributed by atoms with Crippen LogP contribution in [0.25, 0.3) is 0 Å². The maximum absolute atomic E-state index is 12.9. The van der Waals surface area contributed by atoms with Crippen LogP contribution in [0, 0.1) is 0 Å². The van der Waals surface area contributed by atoms with E-state index >= 15 is 0 Å². The summed E-state index contributed by atoms with van der Waals surface area (Å²) >= 11 is 0. The Bertz CT molecular complexity index is 770.